The second-order valence-electron chi connectivity index (χ2n) is 6.67. The zero-order chi connectivity index (χ0) is 24.2. The molecule has 0 fully saturated rings. The topological polar surface area (TPSA) is 108 Å². The van der Waals surface area contributed by atoms with Crippen LogP contribution in [-0.2, 0) is 21.2 Å². The van der Waals surface area contributed by atoms with Crippen LogP contribution in [0.5, 0.6) is 11.5 Å². The number of sulfonamides is 1. The van der Waals surface area contributed by atoms with E-state index in [0.717, 1.165) is 0 Å². The van der Waals surface area contributed by atoms with Crippen molar-refractivity contribution in [2.24, 2.45) is 0 Å². The van der Waals surface area contributed by atoms with Crippen LogP contribution in [0.3, 0.4) is 0 Å². The number of halogens is 3. The molecule has 0 saturated carbocycles. The minimum absolute atomic E-state index is 0.0385. The molecular weight excluding hydrogens is 492 g/mol. The molecule has 0 aromatic heterocycles. The van der Waals surface area contributed by atoms with Gasteiger partial charge in [-0.1, -0.05) is 41.4 Å². The van der Waals surface area contributed by atoms with Crippen molar-refractivity contribution in [3.8, 4) is 17.6 Å². The number of benzene rings is 3. The minimum atomic E-state index is -3.82. The highest BCUT2D eigenvalue weighted by Crippen LogP contribution is 2.35. The first-order valence-corrected chi connectivity index (χ1v) is 11.6. The number of ether oxygens (including phenoxy) is 1. The number of anilines is 1. The Morgan fingerprint density at radius 1 is 1.15 bits per heavy atom. The summed E-state index contributed by atoms with van der Waals surface area (Å²) in [5.41, 5.74) is 0.216. The highest BCUT2D eigenvalue weighted by Gasteiger charge is 2.20. The Balaban J connectivity index is 1.86. The first kappa shape index (κ1) is 24.5. The van der Waals surface area contributed by atoms with Crippen molar-refractivity contribution in [2.45, 2.75) is 11.3 Å². The highest BCUT2D eigenvalue weighted by molar-refractivity contribution is 7.89. The molecule has 0 aliphatic heterocycles. The average Bonchev–Trinajstić information content (AvgIpc) is 2.78. The van der Waals surface area contributed by atoms with Crippen molar-refractivity contribution in [2.75, 3.05) is 12.4 Å². The summed E-state index contributed by atoms with van der Waals surface area (Å²) in [6.45, 7) is 0. The third kappa shape index (κ3) is 5.80. The fraction of sp³-hybridized carbons (Fsp3) is 0.0909. The summed E-state index contributed by atoms with van der Waals surface area (Å²) in [4.78, 5) is 12.4. The molecule has 3 rings (SSSR count). The van der Waals surface area contributed by atoms with E-state index in [4.69, 9.17) is 33.2 Å². The van der Waals surface area contributed by atoms with Crippen LogP contribution in [-0.4, -0.2) is 21.4 Å². The van der Waals surface area contributed by atoms with Crippen LogP contribution in [0.2, 0.25) is 10.0 Å². The molecule has 0 bridgehead atoms. The quantitative estimate of drug-likeness (QED) is 0.473. The lowest BCUT2D eigenvalue weighted by Gasteiger charge is -2.14. The normalized spacial score (nSPS) is 11.0. The molecule has 170 valence electrons. The lowest BCUT2D eigenvalue weighted by Crippen LogP contribution is -2.22. The van der Waals surface area contributed by atoms with Crippen LogP contribution in [0.25, 0.3) is 0 Å². The summed E-state index contributed by atoms with van der Waals surface area (Å²) in [5, 5.41) is 11.7. The van der Waals surface area contributed by atoms with Gasteiger partial charge >= 0.3 is 0 Å². The average molecular weight is 508 g/mol. The van der Waals surface area contributed by atoms with Crippen LogP contribution < -0.4 is 14.8 Å². The number of carbonyl (C=O) groups excluding carboxylic acids is 1. The lowest BCUT2D eigenvalue weighted by molar-refractivity contribution is -0.115. The predicted molar refractivity (Wildman–Crippen MR) is 123 cm³/mol. The molecule has 0 atom stereocenters. The molecular formula is C22H16Cl2FN3O4S. The molecule has 7 nitrogen and oxygen atoms in total. The number of amides is 1. The largest absolute Gasteiger partial charge is 0.453 e. The standard InChI is InChI=1S/C22H16Cl2FN3O4S/c1-27-33(30,31)19-5-3-2-4-18(19)28-20(29)10-14-6-7-17(24)22(21(14)25)32-16-9-13(12-26)8-15(23)11-16/h2-9,11,27H,10H2,1H3,(H,28,29). The zero-order valence-corrected chi connectivity index (χ0v) is 19.4. The Bertz CT molecular complexity index is 1370. The van der Waals surface area contributed by atoms with Gasteiger partial charge in [-0.2, -0.15) is 5.26 Å². The van der Waals surface area contributed by atoms with E-state index in [1.807, 2.05) is 6.07 Å². The van der Waals surface area contributed by atoms with E-state index in [9.17, 15) is 13.2 Å². The molecule has 0 heterocycles. The first-order chi connectivity index (χ1) is 15.6. The third-order valence-electron chi connectivity index (χ3n) is 4.42. The van der Waals surface area contributed by atoms with Crippen LogP contribution in [0, 0.1) is 17.1 Å². The number of para-hydroxylation sites is 1. The number of rotatable bonds is 7. The predicted octanol–water partition coefficient (Wildman–Crippen LogP) is 4.89. The Morgan fingerprint density at radius 2 is 1.88 bits per heavy atom. The molecule has 0 spiro atoms. The van der Waals surface area contributed by atoms with Crippen molar-refractivity contribution in [3.63, 3.8) is 0 Å². The van der Waals surface area contributed by atoms with Crippen molar-refractivity contribution in [1.82, 2.24) is 4.72 Å². The molecule has 33 heavy (non-hydrogen) atoms. The number of nitrogens with zero attached hydrogens (tertiary/aromatic N) is 1. The minimum Gasteiger partial charge on any atom is -0.453 e. The lowest BCUT2D eigenvalue weighted by atomic mass is 10.1. The van der Waals surface area contributed by atoms with E-state index in [1.54, 1.807) is 6.07 Å². The molecule has 0 saturated heterocycles. The van der Waals surface area contributed by atoms with E-state index in [0.29, 0.717) is 0 Å². The van der Waals surface area contributed by atoms with Gasteiger partial charge < -0.3 is 10.1 Å². The monoisotopic (exact) mass is 507 g/mol. The van der Waals surface area contributed by atoms with Crippen molar-refractivity contribution >= 4 is 44.8 Å². The molecule has 0 aliphatic rings. The summed E-state index contributed by atoms with van der Waals surface area (Å²) in [6, 6.07) is 14.6. The number of carbonyl (C=O) groups is 1. The molecule has 1 amide bonds. The zero-order valence-electron chi connectivity index (χ0n) is 17.0. The van der Waals surface area contributed by atoms with E-state index in [1.165, 1.54) is 55.6 Å². The van der Waals surface area contributed by atoms with Gasteiger partial charge in [-0.25, -0.2) is 17.5 Å². The maximum absolute atomic E-state index is 15.1. The summed E-state index contributed by atoms with van der Waals surface area (Å²) < 4.78 is 47.1. The van der Waals surface area contributed by atoms with Gasteiger partial charge in [-0.15, -0.1) is 0 Å². The maximum atomic E-state index is 15.1. The molecule has 0 aliphatic carbocycles. The van der Waals surface area contributed by atoms with Crippen LogP contribution >= 0.6 is 23.2 Å². The van der Waals surface area contributed by atoms with Gasteiger partial charge in [0.15, 0.2) is 11.6 Å². The molecule has 3 aromatic carbocycles. The SMILES string of the molecule is CNS(=O)(=O)c1ccccc1NC(=O)Cc1ccc(Cl)c(Oc2cc(Cl)cc(C#N)c2)c1F. The Morgan fingerprint density at radius 3 is 2.58 bits per heavy atom. The van der Waals surface area contributed by atoms with Gasteiger partial charge in [0.25, 0.3) is 0 Å². The van der Waals surface area contributed by atoms with Crippen LogP contribution in [0.1, 0.15) is 11.1 Å². The van der Waals surface area contributed by atoms with E-state index >= 15 is 4.39 Å². The Kier molecular flexibility index (Phi) is 7.56. The van der Waals surface area contributed by atoms with Gasteiger partial charge in [-0.05, 0) is 43.4 Å². The maximum Gasteiger partial charge on any atom is 0.242 e. The number of hydrogen-bond acceptors (Lipinski definition) is 5. The van der Waals surface area contributed by atoms with Gasteiger partial charge in [0.05, 0.1) is 28.8 Å². The van der Waals surface area contributed by atoms with E-state index in [2.05, 4.69) is 10.0 Å². The van der Waals surface area contributed by atoms with Crippen LogP contribution in [0.4, 0.5) is 10.1 Å². The van der Waals surface area contributed by atoms with Gasteiger partial charge in [0.1, 0.15) is 10.6 Å². The molecule has 3 aromatic rings. The van der Waals surface area contributed by atoms with Crippen molar-refractivity contribution in [3.05, 3.63) is 81.6 Å². The van der Waals surface area contributed by atoms with E-state index < -0.39 is 28.2 Å². The molecule has 11 heteroatoms. The number of hydrogen-bond donors (Lipinski definition) is 2. The van der Waals surface area contributed by atoms with Gasteiger partial charge in [0.2, 0.25) is 15.9 Å². The van der Waals surface area contributed by atoms with Crippen LogP contribution in [0.15, 0.2) is 59.5 Å². The van der Waals surface area contributed by atoms with Crippen molar-refractivity contribution in [1.29, 1.82) is 5.26 Å². The molecule has 0 radical (unpaired) electrons. The fourth-order valence-electron chi connectivity index (χ4n) is 2.89. The fourth-order valence-corrected chi connectivity index (χ4v) is 4.18. The summed E-state index contributed by atoms with van der Waals surface area (Å²) in [5.74, 6) is -1.79. The first-order valence-electron chi connectivity index (χ1n) is 9.32. The third-order valence-corrected chi connectivity index (χ3v) is 6.41. The summed E-state index contributed by atoms with van der Waals surface area (Å²) in [6.07, 6.45) is -0.424. The smallest absolute Gasteiger partial charge is 0.242 e. The second kappa shape index (κ2) is 10.2. The van der Waals surface area contributed by atoms with Gasteiger partial charge in [-0.3, -0.25) is 4.79 Å². The van der Waals surface area contributed by atoms with E-state index in [-0.39, 0.29) is 43.3 Å². The Labute approximate surface area is 199 Å². The summed E-state index contributed by atoms with van der Waals surface area (Å²) in [7, 11) is -2.57. The highest BCUT2D eigenvalue weighted by atomic mass is 35.5. The number of nitriles is 1. The number of nitrogens with one attached hydrogen (secondary N) is 2. The Hall–Kier alpha value is -3.16. The second-order valence-corrected chi connectivity index (χ2v) is 9.37. The van der Waals surface area contributed by atoms with Gasteiger partial charge in [0, 0.05) is 10.6 Å². The summed E-state index contributed by atoms with van der Waals surface area (Å²) >= 11 is 12.0. The van der Waals surface area contributed by atoms with Crippen molar-refractivity contribution < 1.29 is 22.3 Å². The molecule has 2 N–H and O–H groups in total. The molecule has 0 unspecified atom stereocenters.